The first kappa shape index (κ1) is 17.7. The van der Waals surface area contributed by atoms with Gasteiger partial charge in [-0.05, 0) is 37.6 Å². The van der Waals surface area contributed by atoms with Crippen LogP contribution in [0.4, 0.5) is 5.69 Å². The lowest BCUT2D eigenvalue weighted by atomic mass is 10.1. The smallest absolute Gasteiger partial charge is 0.348 e. The zero-order chi connectivity index (χ0) is 18.5. The van der Waals surface area contributed by atoms with Crippen molar-refractivity contribution in [3.8, 4) is 0 Å². The predicted octanol–water partition coefficient (Wildman–Crippen LogP) is 3.72. The number of carbonyl (C=O) groups excluding carboxylic acids is 2. The number of ether oxygens (including phenoxy) is 2. The second-order valence-corrected chi connectivity index (χ2v) is 5.88. The lowest BCUT2D eigenvalue weighted by molar-refractivity contribution is -0.195. The molecule has 3 rings (SSSR count). The van der Waals surface area contributed by atoms with E-state index in [1.807, 2.05) is 30.3 Å². The van der Waals surface area contributed by atoms with Crippen molar-refractivity contribution < 1.29 is 19.1 Å². The van der Waals surface area contributed by atoms with Gasteiger partial charge in [-0.2, -0.15) is 0 Å². The molecule has 5 nitrogen and oxygen atoms in total. The summed E-state index contributed by atoms with van der Waals surface area (Å²) >= 11 is 0. The molecule has 0 bridgehead atoms. The zero-order valence-corrected chi connectivity index (χ0v) is 14.8. The van der Waals surface area contributed by atoms with E-state index in [1.54, 1.807) is 24.3 Å². The normalized spacial score (nSPS) is 16.7. The minimum absolute atomic E-state index is 0.104. The van der Waals surface area contributed by atoms with Gasteiger partial charge in [0, 0.05) is 24.3 Å². The van der Waals surface area contributed by atoms with E-state index in [-0.39, 0.29) is 5.57 Å². The first-order valence-electron chi connectivity index (χ1n) is 8.66. The van der Waals surface area contributed by atoms with Gasteiger partial charge in [0.05, 0.1) is 0 Å². The third-order valence-electron chi connectivity index (χ3n) is 4.27. The monoisotopic (exact) mass is 351 g/mol. The first-order chi connectivity index (χ1) is 12.6. The molecule has 0 atom stereocenters. The SMILES string of the molecule is CCN(CC)c1ccc(C=C2C(=O)OC(c3ccccc3)OC2=O)cc1. The molecule has 0 aliphatic carbocycles. The summed E-state index contributed by atoms with van der Waals surface area (Å²) in [7, 11) is 0. The molecule has 0 amide bonds. The van der Waals surface area contributed by atoms with Crippen LogP contribution < -0.4 is 4.90 Å². The molecule has 2 aromatic rings. The fraction of sp³-hybridized carbons (Fsp3) is 0.238. The van der Waals surface area contributed by atoms with Crippen molar-refractivity contribution in [2.24, 2.45) is 0 Å². The van der Waals surface area contributed by atoms with E-state index in [1.165, 1.54) is 6.08 Å². The predicted molar refractivity (Wildman–Crippen MR) is 99.3 cm³/mol. The highest BCUT2D eigenvalue weighted by molar-refractivity contribution is 6.18. The largest absolute Gasteiger partial charge is 0.417 e. The Bertz CT molecular complexity index is 788. The lowest BCUT2D eigenvalue weighted by Crippen LogP contribution is -2.29. The minimum Gasteiger partial charge on any atom is -0.417 e. The standard InChI is InChI=1S/C21H21NO4/c1-3-22(4-2)17-12-10-15(11-13-17)14-18-19(23)25-21(26-20(18)24)16-8-6-5-7-9-16/h5-14,21H,3-4H2,1-2H3. The van der Waals surface area contributed by atoms with Gasteiger partial charge in [-0.25, -0.2) is 9.59 Å². The molecule has 5 heteroatoms. The molecule has 0 radical (unpaired) electrons. The summed E-state index contributed by atoms with van der Waals surface area (Å²) in [6.07, 6.45) is 0.496. The quantitative estimate of drug-likeness (QED) is 0.467. The van der Waals surface area contributed by atoms with Gasteiger partial charge in [-0.3, -0.25) is 0 Å². The molecule has 0 saturated carbocycles. The molecule has 1 saturated heterocycles. The molecule has 0 aromatic heterocycles. The number of hydrogen-bond acceptors (Lipinski definition) is 5. The topological polar surface area (TPSA) is 55.8 Å². The highest BCUT2D eigenvalue weighted by Gasteiger charge is 2.34. The lowest BCUT2D eigenvalue weighted by Gasteiger charge is -2.24. The van der Waals surface area contributed by atoms with E-state index in [4.69, 9.17) is 9.47 Å². The third kappa shape index (κ3) is 3.77. The van der Waals surface area contributed by atoms with Crippen LogP contribution >= 0.6 is 0 Å². The van der Waals surface area contributed by atoms with Gasteiger partial charge < -0.3 is 14.4 Å². The van der Waals surface area contributed by atoms with E-state index < -0.39 is 18.2 Å². The van der Waals surface area contributed by atoms with Gasteiger partial charge >= 0.3 is 11.9 Å². The zero-order valence-electron chi connectivity index (χ0n) is 14.8. The van der Waals surface area contributed by atoms with Crippen LogP contribution in [0.1, 0.15) is 31.3 Å². The molecule has 0 unspecified atom stereocenters. The summed E-state index contributed by atoms with van der Waals surface area (Å²) in [5.74, 6) is -1.36. The molecule has 0 N–H and O–H groups in total. The van der Waals surface area contributed by atoms with Gasteiger partial charge in [0.2, 0.25) is 0 Å². The Kier molecular flexibility index (Phi) is 5.37. The Morgan fingerprint density at radius 1 is 0.885 bits per heavy atom. The molecular weight excluding hydrogens is 330 g/mol. The second kappa shape index (κ2) is 7.87. The van der Waals surface area contributed by atoms with Crippen LogP contribution in [0.25, 0.3) is 6.08 Å². The highest BCUT2D eigenvalue weighted by Crippen LogP contribution is 2.27. The number of anilines is 1. The number of hydrogen-bond donors (Lipinski definition) is 0. The van der Waals surface area contributed by atoms with Crippen molar-refractivity contribution in [1.82, 2.24) is 0 Å². The van der Waals surface area contributed by atoms with Gasteiger partial charge in [0.1, 0.15) is 5.57 Å². The van der Waals surface area contributed by atoms with E-state index in [0.717, 1.165) is 24.3 Å². The van der Waals surface area contributed by atoms with Crippen LogP contribution in [0.15, 0.2) is 60.2 Å². The Morgan fingerprint density at radius 2 is 1.46 bits per heavy atom. The van der Waals surface area contributed by atoms with Gasteiger partial charge in [-0.1, -0.05) is 42.5 Å². The molecule has 134 valence electrons. The van der Waals surface area contributed by atoms with E-state index in [0.29, 0.717) is 5.56 Å². The molecule has 0 spiro atoms. The van der Waals surface area contributed by atoms with Crippen LogP contribution in [0.3, 0.4) is 0 Å². The van der Waals surface area contributed by atoms with Crippen LogP contribution in [-0.2, 0) is 19.1 Å². The molecule has 1 fully saturated rings. The van der Waals surface area contributed by atoms with Crippen molar-refractivity contribution in [1.29, 1.82) is 0 Å². The van der Waals surface area contributed by atoms with E-state index in [9.17, 15) is 9.59 Å². The second-order valence-electron chi connectivity index (χ2n) is 5.88. The van der Waals surface area contributed by atoms with Crippen molar-refractivity contribution in [3.05, 3.63) is 71.3 Å². The number of esters is 2. The average molecular weight is 351 g/mol. The maximum absolute atomic E-state index is 12.3. The number of benzene rings is 2. The Morgan fingerprint density at radius 3 is 2.00 bits per heavy atom. The molecule has 1 aliphatic rings. The summed E-state index contributed by atoms with van der Waals surface area (Å²) in [5.41, 5.74) is 2.35. The maximum atomic E-state index is 12.3. The van der Waals surface area contributed by atoms with Crippen LogP contribution in [0.5, 0.6) is 0 Å². The van der Waals surface area contributed by atoms with Crippen molar-refractivity contribution in [2.45, 2.75) is 20.1 Å². The average Bonchev–Trinajstić information content (AvgIpc) is 2.67. The molecule has 2 aromatic carbocycles. The van der Waals surface area contributed by atoms with Gasteiger partial charge in [-0.15, -0.1) is 0 Å². The molecule has 26 heavy (non-hydrogen) atoms. The number of cyclic esters (lactones) is 2. The van der Waals surface area contributed by atoms with Crippen molar-refractivity contribution in [2.75, 3.05) is 18.0 Å². The summed E-state index contributed by atoms with van der Waals surface area (Å²) in [5, 5.41) is 0. The molecule has 1 aliphatic heterocycles. The summed E-state index contributed by atoms with van der Waals surface area (Å²) in [6, 6.07) is 16.6. The Labute approximate surface area is 152 Å². The third-order valence-corrected chi connectivity index (χ3v) is 4.27. The van der Waals surface area contributed by atoms with Crippen LogP contribution in [0, 0.1) is 0 Å². The first-order valence-corrected chi connectivity index (χ1v) is 8.66. The fourth-order valence-corrected chi connectivity index (χ4v) is 2.83. The number of rotatable bonds is 5. The number of nitrogens with zero attached hydrogens (tertiary/aromatic N) is 1. The van der Waals surface area contributed by atoms with Crippen LogP contribution in [-0.4, -0.2) is 25.0 Å². The van der Waals surface area contributed by atoms with Gasteiger partial charge in [0.25, 0.3) is 6.29 Å². The molecule has 1 heterocycles. The van der Waals surface area contributed by atoms with Crippen molar-refractivity contribution in [3.63, 3.8) is 0 Å². The van der Waals surface area contributed by atoms with Gasteiger partial charge in [0.15, 0.2) is 0 Å². The minimum atomic E-state index is -1.00. The van der Waals surface area contributed by atoms with E-state index >= 15 is 0 Å². The van der Waals surface area contributed by atoms with Crippen molar-refractivity contribution >= 4 is 23.7 Å². The maximum Gasteiger partial charge on any atom is 0.348 e. The van der Waals surface area contributed by atoms with E-state index in [2.05, 4.69) is 18.7 Å². The van der Waals surface area contributed by atoms with Crippen LogP contribution in [0.2, 0.25) is 0 Å². The number of carbonyl (C=O) groups is 2. The highest BCUT2D eigenvalue weighted by atomic mass is 16.7. The summed E-state index contributed by atoms with van der Waals surface area (Å²) in [4.78, 5) is 26.7. The Hall–Kier alpha value is -3.08. The summed E-state index contributed by atoms with van der Waals surface area (Å²) in [6.45, 7) is 6.01. The Balaban J connectivity index is 1.77. The molecular formula is C21H21NO4. The summed E-state index contributed by atoms with van der Waals surface area (Å²) < 4.78 is 10.5. The fourth-order valence-electron chi connectivity index (χ4n) is 2.83.